The SMILES string of the molecule is CC[C@@H](O)CN1CCN(c2c(Cl)cc(Cl)cc2[N+](=O)[O-])CC1. The Bertz CT molecular complexity index is 548. The van der Waals surface area contributed by atoms with Gasteiger partial charge in [0.1, 0.15) is 5.69 Å². The van der Waals surface area contributed by atoms with Crippen molar-refractivity contribution in [1.82, 2.24) is 4.90 Å². The van der Waals surface area contributed by atoms with Crippen molar-refractivity contribution < 1.29 is 10.0 Å². The number of anilines is 1. The number of β-amino-alcohol motifs (C(OH)–C–C–N with tert-alkyl or cyclic N) is 1. The zero-order chi connectivity index (χ0) is 16.3. The van der Waals surface area contributed by atoms with Gasteiger partial charge in [-0.3, -0.25) is 15.0 Å². The Labute approximate surface area is 139 Å². The van der Waals surface area contributed by atoms with Gasteiger partial charge in [-0.2, -0.15) is 0 Å². The first-order valence-corrected chi connectivity index (χ1v) is 7.96. The zero-order valence-electron chi connectivity index (χ0n) is 12.3. The van der Waals surface area contributed by atoms with Crippen LogP contribution in [0, 0.1) is 10.1 Å². The molecule has 1 heterocycles. The molecule has 0 bridgehead atoms. The van der Waals surface area contributed by atoms with Crippen molar-refractivity contribution in [2.75, 3.05) is 37.6 Å². The second-order valence-electron chi connectivity index (χ2n) is 5.36. The summed E-state index contributed by atoms with van der Waals surface area (Å²) >= 11 is 12.0. The number of piperazine rings is 1. The third-order valence-electron chi connectivity index (χ3n) is 3.83. The lowest BCUT2D eigenvalue weighted by atomic mass is 10.2. The van der Waals surface area contributed by atoms with Gasteiger partial charge in [0.05, 0.1) is 16.0 Å². The number of nitrogens with zero attached hydrogens (tertiary/aromatic N) is 3. The smallest absolute Gasteiger partial charge is 0.295 e. The molecule has 1 aromatic rings. The Hall–Kier alpha value is -1.08. The highest BCUT2D eigenvalue weighted by Crippen LogP contribution is 2.38. The maximum Gasteiger partial charge on any atom is 0.295 e. The minimum atomic E-state index is -0.458. The Morgan fingerprint density at radius 2 is 1.95 bits per heavy atom. The van der Waals surface area contributed by atoms with E-state index in [9.17, 15) is 15.2 Å². The third kappa shape index (κ3) is 4.01. The Morgan fingerprint density at radius 1 is 1.32 bits per heavy atom. The second-order valence-corrected chi connectivity index (χ2v) is 6.21. The van der Waals surface area contributed by atoms with E-state index in [0.717, 1.165) is 13.1 Å². The molecule has 1 aliphatic rings. The molecule has 1 N–H and O–H groups in total. The molecule has 22 heavy (non-hydrogen) atoms. The van der Waals surface area contributed by atoms with E-state index in [1.807, 2.05) is 11.8 Å². The van der Waals surface area contributed by atoms with E-state index >= 15 is 0 Å². The minimum absolute atomic E-state index is 0.0699. The van der Waals surface area contributed by atoms with Crippen molar-refractivity contribution in [2.24, 2.45) is 0 Å². The van der Waals surface area contributed by atoms with E-state index in [2.05, 4.69) is 4.90 Å². The molecule has 1 aliphatic heterocycles. The molecule has 6 nitrogen and oxygen atoms in total. The lowest BCUT2D eigenvalue weighted by Gasteiger charge is -2.36. The average molecular weight is 348 g/mol. The summed E-state index contributed by atoms with van der Waals surface area (Å²) in [6.45, 7) is 5.27. The molecule has 0 radical (unpaired) electrons. The van der Waals surface area contributed by atoms with Crippen LogP contribution in [0.4, 0.5) is 11.4 Å². The van der Waals surface area contributed by atoms with Crippen LogP contribution >= 0.6 is 23.2 Å². The Balaban J connectivity index is 2.13. The van der Waals surface area contributed by atoms with Gasteiger partial charge in [0.2, 0.25) is 0 Å². The van der Waals surface area contributed by atoms with Crippen LogP contribution in [0.1, 0.15) is 13.3 Å². The number of hydrogen-bond acceptors (Lipinski definition) is 5. The summed E-state index contributed by atoms with van der Waals surface area (Å²) in [6.07, 6.45) is 0.384. The van der Waals surface area contributed by atoms with Crippen LogP contribution in [0.15, 0.2) is 12.1 Å². The van der Waals surface area contributed by atoms with E-state index in [0.29, 0.717) is 36.8 Å². The summed E-state index contributed by atoms with van der Waals surface area (Å²) in [7, 11) is 0. The van der Waals surface area contributed by atoms with Crippen LogP contribution in [0.3, 0.4) is 0 Å². The fraction of sp³-hybridized carbons (Fsp3) is 0.571. The highest BCUT2D eigenvalue weighted by atomic mass is 35.5. The number of aliphatic hydroxyl groups is 1. The summed E-state index contributed by atoms with van der Waals surface area (Å²) < 4.78 is 0. The van der Waals surface area contributed by atoms with Gasteiger partial charge in [0.15, 0.2) is 0 Å². The molecule has 1 fully saturated rings. The fourth-order valence-corrected chi connectivity index (χ4v) is 3.19. The second kappa shape index (κ2) is 7.46. The van der Waals surface area contributed by atoms with Gasteiger partial charge in [-0.1, -0.05) is 30.1 Å². The summed E-state index contributed by atoms with van der Waals surface area (Å²) in [6, 6.07) is 2.86. The molecule has 0 amide bonds. The number of nitro benzene ring substituents is 1. The minimum Gasteiger partial charge on any atom is -0.392 e. The number of nitro groups is 1. The molecule has 0 aliphatic carbocycles. The van der Waals surface area contributed by atoms with Gasteiger partial charge in [-0.25, -0.2) is 0 Å². The van der Waals surface area contributed by atoms with Crippen LogP contribution in [-0.2, 0) is 0 Å². The van der Waals surface area contributed by atoms with Gasteiger partial charge in [0, 0.05) is 43.8 Å². The van der Waals surface area contributed by atoms with Crippen LogP contribution in [0.25, 0.3) is 0 Å². The van der Waals surface area contributed by atoms with Crippen molar-refractivity contribution in [3.63, 3.8) is 0 Å². The summed E-state index contributed by atoms with van der Waals surface area (Å²) in [5.74, 6) is 0. The van der Waals surface area contributed by atoms with Crippen LogP contribution in [0.2, 0.25) is 10.0 Å². The molecule has 8 heteroatoms. The van der Waals surface area contributed by atoms with E-state index < -0.39 is 4.92 Å². The van der Waals surface area contributed by atoms with Crippen molar-refractivity contribution >= 4 is 34.6 Å². The normalized spacial score (nSPS) is 17.5. The first-order chi connectivity index (χ1) is 10.4. The lowest BCUT2D eigenvalue weighted by Crippen LogP contribution is -2.48. The first-order valence-electron chi connectivity index (χ1n) is 7.21. The Kier molecular flexibility index (Phi) is 5.86. The highest BCUT2D eigenvalue weighted by Gasteiger charge is 2.27. The summed E-state index contributed by atoms with van der Waals surface area (Å²) in [4.78, 5) is 14.8. The van der Waals surface area contributed by atoms with Gasteiger partial charge in [0.25, 0.3) is 5.69 Å². The molecule has 1 atom stereocenters. The van der Waals surface area contributed by atoms with Crippen LogP contribution in [-0.4, -0.2) is 53.8 Å². The Morgan fingerprint density at radius 3 is 2.50 bits per heavy atom. The number of halogens is 2. The molecular weight excluding hydrogens is 329 g/mol. The summed E-state index contributed by atoms with van der Waals surface area (Å²) in [5, 5.41) is 21.5. The molecule has 0 spiro atoms. The van der Waals surface area contributed by atoms with E-state index in [1.165, 1.54) is 12.1 Å². The van der Waals surface area contributed by atoms with E-state index in [1.54, 1.807) is 0 Å². The monoisotopic (exact) mass is 347 g/mol. The fourth-order valence-electron chi connectivity index (χ4n) is 2.59. The number of hydrogen-bond donors (Lipinski definition) is 1. The van der Waals surface area contributed by atoms with Crippen molar-refractivity contribution in [3.8, 4) is 0 Å². The highest BCUT2D eigenvalue weighted by molar-refractivity contribution is 6.37. The van der Waals surface area contributed by atoms with Crippen LogP contribution in [0.5, 0.6) is 0 Å². The lowest BCUT2D eigenvalue weighted by molar-refractivity contribution is -0.384. The van der Waals surface area contributed by atoms with Crippen molar-refractivity contribution in [2.45, 2.75) is 19.4 Å². The van der Waals surface area contributed by atoms with Gasteiger partial charge in [-0.15, -0.1) is 0 Å². The molecule has 2 rings (SSSR count). The van der Waals surface area contributed by atoms with Gasteiger partial charge >= 0.3 is 0 Å². The molecule has 1 saturated heterocycles. The molecule has 0 aromatic heterocycles. The zero-order valence-corrected chi connectivity index (χ0v) is 13.8. The molecule has 0 unspecified atom stereocenters. The number of aliphatic hydroxyl groups excluding tert-OH is 1. The van der Waals surface area contributed by atoms with E-state index in [4.69, 9.17) is 23.2 Å². The molecule has 122 valence electrons. The van der Waals surface area contributed by atoms with Gasteiger partial charge in [-0.05, 0) is 12.5 Å². The van der Waals surface area contributed by atoms with E-state index in [-0.39, 0.29) is 16.8 Å². The maximum absolute atomic E-state index is 11.2. The van der Waals surface area contributed by atoms with Crippen molar-refractivity contribution in [3.05, 3.63) is 32.3 Å². The largest absolute Gasteiger partial charge is 0.392 e. The quantitative estimate of drug-likeness (QED) is 0.655. The van der Waals surface area contributed by atoms with Crippen molar-refractivity contribution in [1.29, 1.82) is 0 Å². The summed E-state index contributed by atoms with van der Waals surface area (Å²) in [5.41, 5.74) is 0.353. The predicted octanol–water partition coefficient (Wildman–Crippen LogP) is 2.79. The number of rotatable bonds is 5. The topological polar surface area (TPSA) is 69.8 Å². The third-order valence-corrected chi connectivity index (χ3v) is 4.34. The first kappa shape index (κ1) is 17.3. The number of benzene rings is 1. The molecular formula is C14H19Cl2N3O3. The maximum atomic E-state index is 11.2. The standard InChI is InChI=1S/C14H19Cl2N3O3/c1-2-11(20)9-17-3-5-18(6-4-17)14-12(16)7-10(15)8-13(14)19(21)22/h7-8,11,20H,2-6,9H2,1H3/t11-/m1/s1. The molecule has 1 aromatic carbocycles. The van der Waals surface area contributed by atoms with Gasteiger partial charge < -0.3 is 10.0 Å². The van der Waals surface area contributed by atoms with Crippen LogP contribution < -0.4 is 4.90 Å². The predicted molar refractivity (Wildman–Crippen MR) is 88.1 cm³/mol. The average Bonchev–Trinajstić information content (AvgIpc) is 2.47. The molecule has 0 saturated carbocycles.